The Morgan fingerprint density at radius 1 is 1.08 bits per heavy atom. The molecule has 0 spiro atoms. The van der Waals surface area contributed by atoms with Crippen molar-refractivity contribution in [2.75, 3.05) is 27.9 Å². The van der Waals surface area contributed by atoms with E-state index < -0.39 is 23.1 Å². The van der Waals surface area contributed by atoms with Crippen molar-refractivity contribution in [3.05, 3.63) is 93.2 Å². The number of carbonyl (C=O) groups excluding carboxylic acids is 1. The number of fused-ring (bicyclic) bond motifs is 2. The summed E-state index contributed by atoms with van der Waals surface area (Å²) in [6.07, 6.45) is 2.30. The molecule has 1 atom stereocenters. The fourth-order valence-corrected chi connectivity index (χ4v) is 5.18. The van der Waals surface area contributed by atoms with Gasteiger partial charge in [0.05, 0.1) is 45.7 Å². The summed E-state index contributed by atoms with van der Waals surface area (Å²) >= 11 is 0. The minimum absolute atomic E-state index is 0.0306. The van der Waals surface area contributed by atoms with E-state index in [4.69, 9.17) is 18.6 Å². The molecule has 3 heterocycles. The molecule has 202 valence electrons. The highest BCUT2D eigenvalue weighted by Crippen LogP contribution is 2.37. The van der Waals surface area contributed by atoms with Crippen LogP contribution in [-0.4, -0.2) is 48.8 Å². The summed E-state index contributed by atoms with van der Waals surface area (Å²) in [6.45, 7) is 1.71. The van der Waals surface area contributed by atoms with Crippen LogP contribution in [-0.2, 0) is 29.0 Å². The van der Waals surface area contributed by atoms with Gasteiger partial charge in [0.2, 0.25) is 11.2 Å². The Bertz CT molecular complexity index is 1570. The van der Waals surface area contributed by atoms with E-state index in [1.54, 1.807) is 26.5 Å². The van der Waals surface area contributed by atoms with Crippen LogP contribution < -0.4 is 14.9 Å². The summed E-state index contributed by atoms with van der Waals surface area (Å²) in [6, 6.07) is 14.5. The lowest BCUT2D eigenvalue weighted by Gasteiger charge is -2.29. The van der Waals surface area contributed by atoms with Gasteiger partial charge in [0.15, 0.2) is 17.3 Å². The summed E-state index contributed by atoms with van der Waals surface area (Å²) < 4.78 is 22.1. The van der Waals surface area contributed by atoms with Gasteiger partial charge in [-0.1, -0.05) is 18.2 Å². The molecule has 0 saturated heterocycles. The van der Waals surface area contributed by atoms with Crippen molar-refractivity contribution in [2.24, 2.45) is 0 Å². The molecular formula is C30H30N2O7. The van der Waals surface area contributed by atoms with Crippen molar-refractivity contribution in [2.45, 2.75) is 31.8 Å². The van der Waals surface area contributed by atoms with E-state index in [9.17, 15) is 14.7 Å². The third-order valence-electron chi connectivity index (χ3n) is 7.15. The van der Waals surface area contributed by atoms with Crippen molar-refractivity contribution in [1.29, 1.82) is 0 Å². The summed E-state index contributed by atoms with van der Waals surface area (Å²) in [5.74, 6) is 0.00972. The van der Waals surface area contributed by atoms with Crippen molar-refractivity contribution >= 4 is 16.9 Å². The number of para-hydroxylation sites is 1. The topological polar surface area (TPSA) is 111 Å². The normalized spacial score (nSPS) is 14.0. The zero-order chi connectivity index (χ0) is 27.5. The molecule has 9 nitrogen and oxygen atoms in total. The van der Waals surface area contributed by atoms with Gasteiger partial charge >= 0.3 is 5.97 Å². The Balaban J connectivity index is 1.50. The van der Waals surface area contributed by atoms with Crippen LogP contribution in [0.3, 0.4) is 0 Å². The van der Waals surface area contributed by atoms with Gasteiger partial charge in [-0.15, -0.1) is 0 Å². The van der Waals surface area contributed by atoms with Gasteiger partial charge in [0.25, 0.3) is 0 Å². The summed E-state index contributed by atoms with van der Waals surface area (Å²) in [7, 11) is 4.52. The Hall–Kier alpha value is -4.37. The molecule has 1 unspecified atom stereocenters. The van der Waals surface area contributed by atoms with Crippen LogP contribution in [0.4, 0.5) is 0 Å². The smallest absolute Gasteiger partial charge is 0.306 e. The SMILES string of the molecule is COC(=O)CC(c1oc(CN2CCc3cc(OC)c(OC)cc3C2)cc(=O)c1O)c1ccnc2ccccc12. The number of carbonyl (C=O) groups is 1. The molecule has 0 aliphatic carbocycles. The molecule has 5 rings (SSSR count). The maximum Gasteiger partial charge on any atom is 0.306 e. The molecule has 0 amide bonds. The maximum atomic E-state index is 12.9. The number of rotatable bonds is 8. The molecular weight excluding hydrogens is 500 g/mol. The molecule has 2 aromatic heterocycles. The Kier molecular flexibility index (Phi) is 7.51. The molecule has 1 aliphatic heterocycles. The molecule has 0 fully saturated rings. The van der Waals surface area contributed by atoms with Crippen LogP contribution in [0.1, 0.15) is 40.5 Å². The van der Waals surface area contributed by atoms with Crippen LogP contribution >= 0.6 is 0 Å². The lowest BCUT2D eigenvalue weighted by Crippen LogP contribution is -2.30. The molecule has 4 aromatic rings. The molecule has 9 heteroatoms. The molecule has 0 saturated carbocycles. The quantitative estimate of drug-likeness (QED) is 0.336. The Morgan fingerprint density at radius 2 is 1.82 bits per heavy atom. The number of esters is 1. The molecule has 1 aliphatic rings. The summed E-state index contributed by atoms with van der Waals surface area (Å²) in [4.78, 5) is 31.9. The predicted octanol–water partition coefficient (Wildman–Crippen LogP) is 4.16. The average Bonchev–Trinajstić information content (AvgIpc) is 2.96. The first-order valence-electron chi connectivity index (χ1n) is 12.6. The number of ether oxygens (including phenoxy) is 3. The first-order chi connectivity index (χ1) is 18.9. The number of aromatic hydroxyl groups is 1. The largest absolute Gasteiger partial charge is 0.502 e. The van der Waals surface area contributed by atoms with Gasteiger partial charge in [-0.2, -0.15) is 0 Å². The highest BCUT2D eigenvalue weighted by molar-refractivity contribution is 5.84. The fraction of sp³-hybridized carbons (Fsp3) is 0.300. The van der Waals surface area contributed by atoms with E-state index in [0.29, 0.717) is 35.9 Å². The first-order valence-corrected chi connectivity index (χ1v) is 12.6. The van der Waals surface area contributed by atoms with Gasteiger partial charge in [-0.3, -0.25) is 19.5 Å². The molecule has 0 bridgehead atoms. The van der Waals surface area contributed by atoms with E-state index >= 15 is 0 Å². The minimum atomic E-state index is -0.753. The van der Waals surface area contributed by atoms with E-state index in [-0.39, 0.29) is 12.2 Å². The zero-order valence-electron chi connectivity index (χ0n) is 22.1. The van der Waals surface area contributed by atoms with Gasteiger partial charge in [0.1, 0.15) is 5.76 Å². The Labute approximate surface area is 225 Å². The van der Waals surface area contributed by atoms with Crippen LogP contribution in [0.5, 0.6) is 17.2 Å². The monoisotopic (exact) mass is 530 g/mol. The van der Waals surface area contributed by atoms with Gasteiger partial charge in [-0.05, 0) is 47.4 Å². The Morgan fingerprint density at radius 3 is 2.56 bits per heavy atom. The van der Waals surface area contributed by atoms with Crippen LogP contribution in [0, 0.1) is 0 Å². The highest BCUT2D eigenvalue weighted by atomic mass is 16.5. The number of aromatic nitrogens is 1. The molecule has 39 heavy (non-hydrogen) atoms. The van der Waals surface area contributed by atoms with Crippen molar-refractivity contribution in [3.63, 3.8) is 0 Å². The molecule has 0 radical (unpaired) electrons. The number of nitrogens with zero attached hydrogens (tertiary/aromatic N) is 2. The maximum absolute atomic E-state index is 12.9. The van der Waals surface area contributed by atoms with Crippen LogP contribution in [0.15, 0.2) is 63.9 Å². The first kappa shape index (κ1) is 26.2. The zero-order valence-corrected chi connectivity index (χ0v) is 22.1. The number of hydrogen-bond donors (Lipinski definition) is 1. The second-order valence-corrected chi connectivity index (χ2v) is 9.48. The van der Waals surface area contributed by atoms with Crippen molar-refractivity contribution < 1.29 is 28.5 Å². The van der Waals surface area contributed by atoms with E-state index in [1.165, 1.54) is 18.7 Å². The number of methoxy groups -OCH3 is 3. The van der Waals surface area contributed by atoms with E-state index in [1.807, 2.05) is 36.4 Å². The van der Waals surface area contributed by atoms with Gasteiger partial charge in [0, 0.05) is 30.7 Å². The molecule has 2 aromatic carbocycles. The lowest BCUT2D eigenvalue weighted by molar-refractivity contribution is -0.140. The van der Waals surface area contributed by atoms with Gasteiger partial charge < -0.3 is 23.7 Å². The average molecular weight is 531 g/mol. The number of hydrogen-bond acceptors (Lipinski definition) is 9. The lowest BCUT2D eigenvalue weighted by atomic mass is 9.90. The van der Waals surface area contributed by atoms with Crippen molar-refractivity contribution in [1.82, 2.24) is 9.88 Å². The highest BCUT2D eigenvalue weighted by Gasteiger charge is 2.29. The van der Waals surface area contributed by atoms with Crippen molar-refractivity contribution in [3.8, 4) is 17.2 Å². The van der Waals surface area contributed by atoms with Crippen LogP contribution in [0.25, 0.3) is 10.9 Å². The minimum Gasteiger partial charge on any atom is -0.502 e. The summed E-state index contributed by atoms with van der Waals surface area (Å²) in [5, 5.41) is 11.6. The van der Waals surface area contributed by atoms with Gasteiger partial charge in [-0.25, -0.2) is 0 Å². The third kappa shape index (κ3) is 5.31. The fourth-order valence-electron chi connectivity index (χ4n) is 5.18. The third-order valence-corrected chi connectivity index (χ3v) is 7.15. The van der Waals surface area contributed by atoms with E-state index in [2.05, 4.69) is 9.88 Å². The second-order valence-electron chi connectivity index (χ2n) is 9.48. The standard InChI is InChI=1S/C30H30N2O7/c1-36-26-12-18-9-11-32(16-19(18)13-27(26)37-2)17-20-14-25(33)29(35)30(39-20)23(15-28(34)38-3)21-8-10-31-24-7-5-4-6-22(21)24/h4-8,10,12-14,23,35H,9,11,15-17H2,1-3H3. The predicted molar refractivity (Wildman–Crippen MR) is 144 cm³/mol. The van der Waals surface area contributed by atoms with E-state index in [0.717, 1.165) is 29.4 Å². The number of benzene rings is 2. The number of pyridine rings is 1. The second kappa shape index (κ2) is 11.2. The molecule has 1 N–H and O–H groups in total. The van der Waals surface area contributed by atoms with Crippen LogP contribution in [0.2, 0.25) is 0 Å². The summed E-state index contributed by atoms with van der Waals surface area (Å²) in [5.41, 5.74) is 3.14.